The molecule has 1 aliphatic heterocycles. The van der Waals surface area contributed by atoms with E-state index in [9.17, 15) is 19.2 Å². The van der Waals surface area contributed by atoms with Crippen LogP contribution in [-0.2, 0) is 25.7 Å². The largest absolute Gasteiger partial charge is 0.456 e. The van der Waals surface area contributed by atoms with Crippen LogP contribution in [0.3, 0.4) is 0 Å². The number of nitrogens with two attached hydrogens (primary N) is 1. The average molecular weight is 640 g/mol. The highest BCUT2D eigenvalue weighted by molar-refractivity contribution is 8.76. The quantitative estimate of drug-likeness (QED) is 0.0708. The molecule has 42 heavy (non-hydrogen) atoms. The Morgan fingerprint density at radius 2 is 1.86 bits per heavy atom. The molecule has 0 saturated heterocycles. The monoisotopic (exact) mass is 639 g/mol. The van der Waals surface area contributed by atoms with Gasteiger partial charge in [0, 0.05) is 16.9 Å². The molecule has 1 aromatic rings. The summed E-state index contributed by atoms with van der Waals surface area (Å²) in [6, 6.07) is -0.974. The lowest BCUT2D eigenvalue weighted by atomic mass is 10.1. The summed E-state index contributed by atoms with van der Waals surface area (Å²) in [5.74, 6) is -0.103. The molecule has 1 aliphatic rings. The van der Waals surface area contributed by atoms with Crippen molar-refractivity contribution in [3.05, 3.63) is 40.0 Å². The molecule has 2 atom stereocenters. The number of fused-ring (bicyclic) bond motifs is 2. The molecule has 3 amide bonds. The number of allylic oxidation sites excluding steroid dienone is 2. The highest BCUT2D eigenvalue weighted by Crippen LogP contribution is 2.24. The van der Waals surface area contributed by atoms with Gasteiger partial charge >= 0.3 is 5.97 Å². The van der Waals surface area contributed by atoms with Crippen molar-refractivity contribution >= 4 is 56.6 Å². The van der Waals surface area contributed by atoms with E-state index in [-0.39, 0.29) is 30.3 Å². The van der Waals surface area contributed by atoms with E-state index in [1.807, 2.05) is 27.7 Å². The molecule has 0 unspecified atom stereocenters. The first-order chi connectivity index (χ1) is 20.4. The Bertz CT molecular complexity index is 1060. The lowest BCUT2D eigenvalue weighted by Crippen LogP contribution is -2.46. The number of aromatic nitrogens is 1. The number of carbonyl (C=O) groups excluding carboxylic acids is 4. The Kier molecular flexibility index (Phi) is 18.2. The SMILES string of the molecule is C/C=C1\NC(=O)c2csc(n2)CNC(=O)C[C@@H](/C=C/CCSSCCCCCCC)OC(=O)[C@H](CCCCN)NC1=O. The molecule has 2 bridgehead atoms. The molecular weight excluding hydrogens is 595 g/mol. The van der Waals surface area contributed by atoms with Crippen molar-refractivity contribution in [3.8, 4) is 0 Å². The molecule has 0 spiro atoms. The summed E-state index contributed by atoms with van der Waals surface area (Å²) in [5.41, 5.74) is 5.76. The normalized spacial score (nSPS) is 19.9. The number of rotatable bonds is 15. The van der Waals surface area contributed by atoms with Gasteiger partial charge in [-0.05, 0) is 51.6 Å². The predicted molar refractivity (Wildman–Crippen MR) is 172 cm³/mol. The van der Waals surface area contributed by atoms with E-state index >= 15 is 0 Å². The van der Waals surface area contributed by atoms with Gasteiger partial charge in [-0.2, -0.15) is 0 Å². The Labute approximate surface area is 261 Å². The first kappa shape index (κ1) is 35.8. The van der Waals surface area contributed by atoms with Crippen LogP contribution in [0.4, 0.5) is 0 Å². The minimum absolute atomic E-state index is 0.000605. The minimum atomic E-state index is -0.974. The number of nitrogens with zero attached hydrogens (tertiary/aromatic N) is 1. The molecule has 13 heteroatoms. The molecular formula is C29H45N5O5S3. The summed E-state index contributed by atoms with van der Waals surface area (Å²) in [4.78, 5) is 56.0. The molecule has 5 N–H and O–H groups in total. The minimum Gasteiger partial charge on any atom is -0.456 e. The van der Waals surface area contributed by atoms with Crippen LogP contribution >= 0.6 is 32.9 Å². The number of unbranched alkanes of at least 4 members (excludes halogenated alkanes) is 5. The van der Waals surface area contributed by atoms with Crippen LogP contribution in [0.15, 0.2) is 29.3 Å². The van der Waals surface area contributed by atoms with Crippen molar-refractivity contribution in [3.63, 3.8) is 0 Å². The third-order valence-electron chi connectivity index (χ3n) is 6.33. The van der Waals surface area contributed by atoms with Crippen LogP contribution in [0.5, 0.6) is 0 Å². The zero-order valence-electron chi connectivity index (χ0n) is 24.7. The topological polar surface area (TPSA) is 153 Å². The van der Waals surface area contributed by atoms with E-state index in [1.54, 1.807) is 18.4 Å². The van der Waals surface area contributed by atoms with Crippen LogP contribution in [0.1, 0.15) is 93.6 Å². The van der Waals surface area contributed by atoms with E-state index in [4.69, 9.17) is 10.5 Å². The second-order valence-electron chi connectivity index (χ2n) is 9.82. The van der Waals surface area contributed by atoms with Gasteiger partial charge in [0.1, 0.15) is 28.5 Å². The molecule has 1 aromatic heterocycles. The van der Waals surface area contributed by atoms with Crippen molar-refractivity contribution in [1.29, 1.82) is 0 Å². The summed E-state index contributed by atoms with van der Waals surface area (Å²) < 4.78 is 5.76. The first-order valence-electron chi connectivity index (χ1n) is 14.7. The van der Waals surface area contributed by atoms with Crippen molar-refractivity contribution in [2.75, 3.05) is 18.1 Å². The van der Waals surface area contributed by atoms with Crippen molar-refractivity contribution < 1.29 is 23.9 Å². The fraction of sp³-hybridized carbons (Fsp3) is 0.621. The molecule has 10 nitrogen and oxygen atoms in total. The molecule has 0 aromatic carbocycles. The summed E-state index contributed by atoms with van der Waals surface area (Å²) in [6.07, 6.45) is 12.9. The lowest BCUT2D eigenvalue weighted by molar-refractivity contribution is -0.152. The average Bonchev–Trinajstić information content (AvgIpc) is 3.45. The Morgan fingerprint density at radius 1 is 1.07 bits per heavy atom. The molecule has 0 aliphatic carbocycles. The van der Waals surface area contributed by atoms with Crippen LogP contribution < -0.4 is 21.7 Å². The Hall–Kier alpha value is -2.35. The first-order valence-corrected chi connectivity index (χ1v) is 18.1. The predicted octanol–water partition coefficient (Wildman–Crippen LogP) is 4.62. The van der Waals surface area contributed by atoms with E-state index < -0.39 is 29.9 Å². The summed E-state index contributed by atoms with van der Waals surface area (Å²) >= 11 is 1.23. The summed E-state index contributed by atoms with van der Waals surface area (Å²) in [5, 5.41) is 10.1. The van der Waals surface area contributed by atoms with Crippen LogP contribution in [-0.4, -0.2) is 58.9 Å². The number of esters is 1. The van der Waals surface area contributed by atoms with Gasteiger partial charge in [-0.25, -0.2) is 9.78 Å². The number of carbonyl (C=O) groups is 4. The molecule has 2 rings (SSSR count). The number of thiazole rings is 1. The zero-order chi connectivity index (χ0) is 30.6. The van der Waals surface area contributed by atoms with Crippen LogP contribution in [0, 0.1) is 0 Å². The molecule has 0 radical (unpaired) electrons. The van der Waals surface area contributed by atoms with Crippen molar-refractivity contribution in [1.82, 2.24) is 20.9 Å². The van der Waals surface area contributed by atoms with Gasteiger partial charge < -0.3 is 26.4 Å². The van der Waals surface area contributed by atoms with E-state index in [2.05, 4.69) is 27.9 Å². The third-order valence-corrected chi connectivity index (χ3v) is 9.70. The fourth-order valence-electron chi connectivity index (χ4n) is 3.98. The third kappa shape index (κ3) is 14.2. The van der Waals surface area contributed by atoms with Gasteiger partial charge in [-0.1, -0.05) is 66.3 Å². The van der Waals surface area contributed by atoms with Gasteiger partial charge in [0.2, 0.25) is 5.91 Å². The van der Waals surface area contributed by atoms with Crippen molar-refractivity contribution in [2.24, 2.45) is 5.73 Å². The second kappa shape index (κ2) is 21.4. The van der Waals surface area contributed by atoms with E-state index in [0.29, 0.717) is 30.8 Å². The zero-order valence-corrected chi connectivity index (χ0v) is 27.1. The Morgan fingerprint density at radius 3 is 2.62 bits per heavy atom. The van der Waals surface area contributed by atoms with E-state index in [1.165, 1.54) is 49.5 Å². The maximum absolute atomic E-state index is 13.3. The Balaban J connectivity index is 2.09. The number of hydrogen-bond donors (Lipinski definition) is 4. The van der Waals surface area contributed by atoms with Gasteiger partial charge in [0.25, 0.3) is 11.8 Å². The second-order valence-corrected chi connectivity index (χ2v) is 13.5. The number of ether oxygens (including phenoxy) is 1. The fourth-order valence-corrected chi connectivity index (χ4v) is 6.83. The van der Waals surface area contributed by atoms with Crippen molar-refractivity contribution in [2.45, 2.75) is 96.7 Å². The molecule has 234 valence electrons. The summed E-state index contributed by atoms with van der Waals surface area (Å²) in [6.45, 7) is 4.41. The molecule has 2 heterocycles. The van der Waals surface area contributed by atoms with Gasteiger partial charge in [-0.3, -0.25) is 14.4 Å². The summed E-state index contributed by atoms with van der Waals surface area (Å²) in [7, 11) is 3.69. The highest BCUT2D eigenvalue weighted by atomic mass is 33.1. The molecule has 0 fully saturated rings. The van der Waals surface area contributed by atoms with Gasteiger partial charge in [0.05, 0.1) is 13.0 Å². The van der Waals surface area contributed by atoms with Crippen LogP contribution in [0.25, 0.3) is 0 Å². The van der Waals surface area contributed by atoms with E-state index in [0.717, 1.165) is 17.9 Å². The number of cyclic esters (lactones) is 1. The van der Waals surface area contributed by atoms with Crippen LogP contribution in [0.2, 0.25) is 0 Å². The molecule has 0 saturated carbocycles. The number of hydrogen-bond acceptors (Lipinski definition) is 10. The standard InChI is InChI=1S/C29H45N5O5S3/c1-3-5-6-7-11-16-41-42-17-12-9-13-21-18-25(35)31-19-26-32-24(20-40-26)28(37)33-22(4-2)27(36)34-23(29(38)39-21)14-8-10-15-30/h4,9,13,20-21,23H,3,5-8,10-12,14-19,30H2,1-2H3,(H,31,35)(H,33,37)(H,34,36)/b13-9+,22-4-/t21-,23+/m1/s1. The maximum Gasteiger partial charge on any atom is 0.329 e. The van der Waals surface area contributed by atoms with Gasteiger partial charge in [0.15, 0.2) is 0 Å². The lowest BCUT2D eigenvalue weighted by Gasteiger charge is -2.22. The number of amides is 3. The number of nitrogens with one attached hydrogen (secondary N) is 3. The van der Waals surface area contributed by atoms with Gasteiger partial charge in [-0.15, -0.1) is 11.3 Å². The highest BCUT2D eigenvalue weighted by Gasteiger charge is 2.27. The maximum atomic E-state index is 13.3. The smallest absolute Gasteiger partial charge is 0.329 e.